The summed E-state index contributed by atoms with van der Waals surface area (Å²) in [6.07, 6.45) is -0.294. The Hall–Kier alpha value is -7.79. The fraction of sp³-hybridized carbons (Fsp3) is 0.648. The van der Waals surface area contributed by atoms with Crippen molar-refractivity contribution in [3.63, 3.8) is 0 Å². The summed E-state index contributed by atoms with van der Waals surface area (Å²) in [5.41, 5.74) is 11.2. The van der Waals surface area contributed by atoms with Gasteiger partial charge in [0, 0.05) is 33.4 Å². The van der Waals surface area contributed by atoms with E-state index in [2.05, 4.69) is 40.4 Å². The van der Waals surface area contributed by atoms with E-state index in [9.17, 15) is 87.9 Å². The van der Waals surface area contributed by atoms with Gasteiger partial charge in [0.1, 0.15) is 54.4 Å². The molecule has 29 heteroatoms. The summed E-state index contributed by atoms with van der Waals surface area (Å²) >= 11 is 0. The second-order valence-corrected chi connectivity index (χ2v) is 20.7. The van der Waals surface area contributed by atoms with E-state index in [4.69, 9.17) is 16.2 Å². The van der Waals surface area contributed by atoms with Gasteiger partial charge in [-0.25, -0.2) is 4.79 Å². The lowest BCUT2D eigenvalue weighted by Crippen LogP contribution is -2.62. The average molecular weight is 1180 g/mol. The van der Waals surface area contributed by atoms with Crippen molar-refractivity contribution in [2.75, 3.05) is 27.3 Å². The number of unbranched alkanes of at least 4 members (excludes halogenated alkanes) is 7. The molecule has 83 heavy (non-hydrogen) atoms. The molecule has 1 aliphatic heterocycles. The lowest BCUT2D eigenvalue weighted by molar-refractivity contribution is -0.157. The molecule has 11 atom stereocenters. The van der Waals surface area contributed by atoms with Crippen molar-refractivity contribution in [1.29, 1.82) is 0 Å². The summed E-state index contributed by atoms with van der Waals surface area (Å²) in [4.78, 5) is 177. The highest BCUT2D eigenvalue weighted by molar-refractivity contribution is 6.00. The van der Waals surface area contributed by atoms with Gasteiger partial charge in [-0.2, -0.15) is 0 Å². The quantitative estimate of drug-likeness (QED) is 0.0311. The van der Waals surface area contributed by atoms with E-state index < -0.39 is 189 Å². The third kappa shape index (κ3) is 25.1. The average Bonchev–Trinajstić information content (AvgIpc) is 3.43. The molecule has 1 saturated heterocycles. The monoisotopic (exact) mass is 1180 g/mol. The van der Waals surface area contributed by atoms with Gasteiger partial charge in [0.25, 0.3) is 0 Å². The van der Waals surface area contributed by atoms with Gasteiger partial charge >= 0.3 is 17.9 Å². The van der Waals surface area contributed by atoms with Crippen LogP contribution in [0.2, 0.25) is 0 Å². The molecule has 464 valence electrons. The van der Waals surface area contributed by atoms with Gasteiger partial charge in [-0.05, 0) is 31.2 Å². The first-order valence-electron chi connectivity index (χ1n) is 27.6. The maximum Gasteiger partial charge on any atom is 0.329 e. The van der Waals surface area contributed by atoms with Gasteiger partial charge in [0.15, 0.2) is 0 Å². The molecule has 2 rings (SSSR count). The molecule has 29 nitrogen and oxygen atoms in total. The normalized spacial score (nSPS) is 23.8. The minimum absolute atomic E-state index is 0.182. The van der Waals surface area contributed by atoms with Crippen LogP contribution in [0.25, 0.3) is 0 Å². The number of likely N-dealkylation sites (N-methyl/N-ethyl adjacent to an activating group) is 2. The lowest BCUT2D eigenvalue weighted by atomic mass is 9.99. The van der Waals surface area contributed by atoms with Crippen LogP contribution in [0.4, 0.5) is 0 Å². The molecule has 10 amide bonds. The second kappa shape index (κ2) is 36.6. The number of carbonyl (C=O) groups is 13. The van der Waals surface area contributed by atoms with Gasteiger partial charge < -0.3 is 83.4 Å². The highest BCUT2D eigenvalue weighted by Crippen LogP contribution is 2.18. The molecule has 0 aliphatic carbocycles. The van der Waals surface area contributed by atoms with Gasteiger partial charge in [-0.3, -0.25) is 57.5 Å². The Labute approximate surface area is 481 Å². The van der Waals surface area contributed by atoms with Crippen LogP contribution in [0.3, 0.4) is 0 Å². The Kier molecular flexibility index (Phi) is 31.5. The molecule has 1 aromatic rings. The number of cyclic esters (lactones) is 1. The molecule has 0 spiro atoms. The Morgan fingerprint density at radius 3 is 1.73 bits per heavy atom. The molecule has 0 saturated carbocycles. The largest absolute Gasteiger partial charge is 0.481 e. The summed E-state index contributed by atoms with van der Waals surface area (Å²) in [6.45, 7) is 2.96. The fourth-order valence-corrected chi connectivity index (χ4v) is 8.89. The summed E-state index contributed by atoms with van der Waals surface area (Å²) in [7, 11) is 2.01. The number of hydrogen-bond donors (Lipinski definition) is 13. The first-order chi connectivity index (χ1) is 39.1. The first kappa shape index (κ1) is 71.3. The summed E-state index contributed by atoms with van der Waals surface area (Å²) in [6, 6.07) is -8.39. The van der Waals surface area contributed by atoms with Crippen LogP contribution >= 0.6 is 0 Å². The number of benzene rings is 1. The van der Waals surface area contributed by atoms with Crippen molar-refractivity contribution < 1.29 is 92.6 Å². The number of aliphatic carboxylic acids is 2. The van der Waals surface area contributed by atoms with E-state index >= 15 is 0 Å². The number of ether oxygens (including phenoxy) is 1. The molecule has 11 unspecified atom stereocenters. The van der Waals surface area contributed by atoms with Crippen LogP contribution < -0.4 is 43.4 Å². The molecule has 1 heterocycles. The number of rotatable bonds is 27. The number of esters is 1. The topological polar surface area (TPSA) is 463 Å². The highest BCUT2D eigenvalue weighted by atomic mass is 16.5. The highest BCUT2D eigenvalue weighted by Gasteiger charge is 2.42. The zero-order chi connectivity index (χ0) is 62.5. The molecule has 0 aromatic heterocycles. The standard InChI is InChI=1S/C54H84N10O19/c1-6-30(2)18-14-11-9-7-8-10-12-17-21-42(70)61-45-31(3)83-54(82)33(22-23-43(71)72)57-51(79)46(39(67)27-41(56)69)62-49(77)37(24-32-19-15-13-16-20-32)63(4)53(81)38(26-40(55)68)64(5)52(80)36(29-66)60-48(76)35(28-65)59-47(75)34(25-44(73)74)58-50(45)78/h13,15-16,19-20,30-31,33-39,45-46,65-67H,6-12,14,17-18,21-29H2,1-5H3,(H2,55,68)(H2,56,69)(H,57,79)(H,58,78)(H,59,75)(H,60,76)(H,61,70)(H,62,77)(H,71,72)(H,73,74). The molecule has 15 N–H and O–H groups in total. The van der Waals surface area contributed by atoms with Crippen molar-refractivity contribution in [1.82, 2.24) is 41.7 Å². The number of primary amides is 2. The number of carbonyl (C=O) groups excluding carboxylic acids is 11. The van der Waals surface area contributed by atoms with E-state index in [0.717, 1.165) is 77.3 Å². The van der Waals surface area contributed by atoms with E-state index in [-0.39, 0.29) is 6.42 Å². The summed E-state index contributed by atoms with van der Waals surface area (Å²) in [5, 5.41) is 64.5. The Morgan fingerprint density at radius 2 is 1.18 bits per heavy atom. The zero-order valence-corrected chi connectivity index (χ0v) is 47.7. The number of nitrogens with one attached hydrogen (secondary N) is 6. The molecule has 0 bridgehead atoms. The molecular weight excluding hydrogens is 1090 g/mol. The molecule has 1 aromatic carbocycles. The van der Waals surface area contributed by atoms with Crippen LogP contribution in [0.15, 0.2) is 30.3 Å². The third-order valence-corrected chi connectivity index (χ3v) is 14.1. The molecule has 1 fully saturated rings. The van der Waals surface area contributed by atoms with Crippen LogP contribution in [-0.2, 0) is 73.5 Å². The second-order valence-electron chi connectivity index (χ2n) is 20.7. The Balaban J connectivity index is 2.82. The van der Waals surface area contributed by atoms with E-state index in [1.807, 2.05) is 5.32 Å². The van der Waals surface area contributed by atoms with E-state index in [1.54, 1.807) is 18.2 Å². The Bertz CT molecular complexity index is 2400. The van der Waals surface area contributed by atoms with Crippen molar-refractivity contribution in [3.05, 3.63) is 35.9 Å². The molecule has 0 radical (unpaired) electrons. The van der Waals surface area contributed by atoms with Crippen molar-refractivity contribution >= 4 is 77.0 Å². The van der Waals surface area contributed by atoms with Crippen LogP contribution in [0.5, 0.6) is 0 Å². The third-order valence-electron chi connectivity index (χ3n) is 14.1. The molecular formula is C54H84N10O19. The van der Waals surface area contributed by atoms with Crippen LogP contribution in [0, 0.1) is 5.92 Å². The number of aliphatic hydroxyl groups excluding tert-OH is 3. The molecule has 1 aliphatic rings. The van der Waals surface area contributed by atoms with Gasteiger partial charge in [-0.1, -0.05) is 102 Å². The minimum atomic E-state index is -2.26. The first-order valence-corrected chi connectivity index (χ1v) is 27.6. The van der Waals surface area contributed by atoms with E-state index in [1.165, 1.54) is 12.1 Å². The number of nitrogens with two attached hydrogens (primary N) is 2. The van der Waals surface area contributed by atoms with Gasteiger partial charge in [0.05, 0.1) is 38.6 Å². The number of nitrogens with zero attached hydrogens (tertiary/aromatic N) is 2. The van der Waals surface area contributed by atoms with Gasteiger partial charge in [-0.15, -0.1) is 0 Å². The van der Waals surface area contributed by atoms with Crippen molar-refractivity contribution in [2.24, 2.45) is 17.4 Å². The number of carboxylic acids is 2. The summed E-state index contributed by atoms with van der Waals surface area (Å²) in [5.74, 6) is -16.6. The van der Waals surface area contributed by atoms with Crippen LogP contribution in [-0.4, -0.2) is 200 Å². The lowest BCUT2D eigenvalue weighted by Gasteiger charge is -2.36. The van der Waals surface area contributed by atoms with E-state index in [0.29, 0.717) is 29.2 Å². The zero-order valence-electron chi connectivity index (χ0n) is 47.7. The Morgan fingerprint density at radius 1 is 0.639 bits per heavy atom. The number of amides is 10. The number of hydrogen-bond acceptors (Lipinski definition) is 17. The maximum absolute atomic E-state index is 14.6. The number of carboxylic acid groups (broad SMARTS) is 2. The number of aliphatic hydroxyl groups is 3. The SMILES string of the molecule is CCC(C)CCCCCCCCCCC(=O)NC1C(=O)NC(CC(=O)O)C(=O)NC(CO)C(=O)NC(CO)C(=O)N(C)C(CC(N)=O)C(=O)N(C)C(Cc2ccccc2)C(=O)NC(C(O)CC(N)=O)C(=O)NC(CCC(=O)O)C(=O)OC1C. The summed E-state index contributed by atoms with van der Waals surface area (Å²) < 4.78 is 5.57. The predicted molar refractivity (Wildman–Crippen MR) is 293 cm³/mol. The fourth-order valence-electron chi connectivity index (χ4n) is 8.89. The van der Waals surface area contributed by atoms with Crippen molar-refractivity contribution in [2.45, 2.75) is 190 Å². The predicted octanol–water partition coefficient (Wildman–Crippen LogP) is -2.88. The van der Waals surface area contributed by atoms with Gasteiger partial charge in [0.2, 0.25) is 59.1 Å². The minimum Gasteiger partial charge on any atom is -0.481 e. The maximum atomic E-state index is 14.6. The van der Waals surface area contributed by atoms with Crippen LogP contribution in [0.1, 0.15) is 129 Å². The van der Waals surface area contributed by atoms with Crippen molar-refractivity contribution in [3.8, 4) is 0 Å². The smallest absolute Gasteiger partial charge is 0.329 e.